The van der Waals surface area contributed by atoms with Crippen molar-refractivity contribution in [1.82, 2.24) is 10.1 Å². The fraction of sp³-hybridized carbons (Fsp3) is 0.385. The lowest BCUT2D eigenvalue weighted by Gasteiger charge is -2.14. The molecule has 1 aromatic heterocycles. The summed E-state index contributed by atoms with van der Waals surface area (Å²) in [7, 11) is 1.58. The number of hydrogen-bond acceptors (Lipinski definition) is 5. The Hall–Kier alpha value is -1.59. The molecule has 0 radical (unpaired) electrons. The zero-order chi connectivity index (χ0) is 13.4. The van der Waals surface area contributed by atoms with Crippen molar-refractivity contribution in [3.63, 3.8) is 0 Å². The number of rotatable bonds is 4. The summed E-state index contributed by atoms with van der Waals surface area (Å²) in [4.78, 5) is 4.35. The quantitative estimate of drug-likeness (QED) is 0.931. The average Bonchev–Trinajstić information content (AvgIpc) is 3.15. The lowest BCUT2D eigenvalue weighted by molar-refractivity contribution is 0.371. The maximum absolute atomic E-state index is 6.19. The third-order valence-corrected chi connectivity index (χ3v) is 3.54. The highest BCUT2D eigenvalue weighted by atomic mass is 35.5. The van der Waals surface area contributed by atoms with Gasteiger partial charge in [-0.15, -0.1) is 0 Å². The fourth-order valence-electron chi connectivity index (χ4n) is 2.00. The Kier molecular flexibility index (Phi) is 3.16. The second-order valence-corrected chi connectivity index (χ2v) is 5.01. The summed E-state index contributed by atoms with van der Waals surface area (Å²) in [5.74, 6) is 2.13. The number of nitrogens with two attached hydrogens (primary N) is 1. The standard InChI is InChI=1S/C13H14ClN3O2/c1-18-9-4-2-3-8(14)10(9)11(15)12-16-13(19-17-12)7-5-6-7/h2-4,7,11H,5-6,15H2,1H3. The molecule has 1 aliphatic carbocycles. The van der Waals surface area contributed by atoms with Crippen LogP contribution in [-0.2, 0) is 0 Å². The lowest BCUT2D eigenvalue weighted by atomic mass is 10.1. The first kappa shape index (κ1) is 12.4. The summed E-state index contributed by atoms with van der Waals surface area (Å²) < 4.78 is 10.5. The molecule has 0 amide bonds. The van der Waals surface area contributed by atoms with E-state index >= 15 is 0 Å². The first-order valence-electron chi connectivity index (χ1n) is 6.12. The number of hydrogen-bond donors (Lipinski definition) is 1. The smallest absolute Gasteiger partial charge is 0.229 e. The molecule has 1 unspecified atom stereocenters. The molecule has 0 bridgehead atoms. The van der Waals surface area contributed by atoms with Crippen molar-refractivity contribution in [2.24, 2.45) is 5.73 Å². The van der Waals surface area contributed by atoms with E-state index < -0.39 is 6.04 Å². The van der Waals surface area contributed by atoms with Crippen LogP contribution in [0.2, 0.25) is 5.02 Å². The predicted molar refractivity (Wildman–Crippen MR) is 70.3 cm³/mol. The van der Waals surface area contributed by atoms with E-state index in [-0.39, 0.29) is 0 Å². The molecule has 2 aromatic rings. The van der Waals surface area contributed by atoms with Gasteiger partial charge in [0, 0.05) is 16.5 Å². The minimum absolute atomic E-state index is 0.404. The highest BCUT2D eigenvalue weighted by Gasteiger charge is 2.31. The Morgan fingerprint density at radius 3 is 2.95 bits per heavy atom. The van der Waals surface area contributed by atoms with Crippen LogP contribution in [0, 0.1) is 0 Å². The van der Waals surface area contributed by atoms with Crippen LogP contribution in [-0.4, -0.2) is 17.3 Å². The Morgan fingerprint density at radius 1 is 1.47 bits per heavy atom. The second-order valence-electron chi connectivity index (χ2n) is 4.60. The molecule has 1 fully saturated rings. The molecule has 1 aliphatic rings. The Balaban J connectivity index is 1.95. The van der Waals surface area contributed by atoms with Crippen molar-refractivity contribution in [2.45, 2.75) is 24.8 Å². The fourth-order valence-corrected chi connectivity index (χ4v) is 2.28. The molecule has 0 saturated heterocycles. The third-order valence-electron chi connectivity index (χ3n) is 3.21. The number of benzene rings is 1. The number of aromatic nitrogens is 2. The van der Waals surface area contributed by atoms with E-state index in [0.29, 0.717) is 34.0 Å². The first-order chi connectivity index (χ1) is 9.20. The van der Waals surface area contributed by atoms with E-state index in [4.69, 9.17) is 26.6 Å². The number of nitrogens with zero attached hydrogens (tertiary/aromatic N) is 2. The zero-order valence-electron chi connectivity index (χ0n) is 10.5. The maximum atomic E-state index is 6.19. The van der Waals surface area contributed by atoms with E-state index in [1.54, 1.807) is 13.2 Å². The van der Waals surface area contributed by atoms with Gasteiger partial charge in [-0.1, -0.05) is 22.8 Å². The first-order valence-corrected chi connectivity index (χ1v) is 6.50. The van der Waals surface area contributed by atoms with Gasteiger partial charge in [-0.05, 0) is 25.0 Å². The van der Waals surface area contributed by atoms with E-state index in [9.17, 15) is 0 Å². The van der Waals surface area contributed by atoms with E-state index in [0.717, 1.165) is 12.8 Å². The highest BCUT2D eigenvalue weighted by molar-refractivity contribution is 6.31. The van der Waals surface area contributed by atoms with Crippen molar-refractivity contribution in [3.05, 3.63) is 40.5 Å². The van der Waals surface area contributed by atoms with Crippen LogP contribution in [0.15, 0.2) is 22.7 Å². The molecule has 6 heteroatoms. The monoisotopic (exact) mass is 279 g/mol. The SMILES string of the molecule is COc1cccc(Cl)c1C(N)c1noc(C2CC2)n1. The van der Waals surface area contributed by atoms with Gasteiger partial charge < -0.3 is 15.0 Å². The second kappa shape index (κ2) is 4.83. The van der Waals surface area contributed by atoms with E-state index in [1.165, 1.54) is 0 Å². The molecule has 1 heterocycles. The topological polar surface area (TPSA) is 74.2 Å². The van der Waals surface area contributed by atoms with Gasteiger partial charge in [0.2, 0.25) is 5.89 Å². The van der Waals surface area contributed by atoms with E-state index in [1.807, 2.05) is 12.1 Å². The molecule has 5 nitrogen and oxygen atoms in total. The molecule has 2 N–H and O–H groups in total. The van der Waals surface area contributed by atoms with Crippen LogP contribution >= 0.6 is 11.6 Å². The average molecular weight is 280 g/mol. The number of halogens is 1. The van der Waals surface area contributed by atoms with Gasteiger partial charge in [0.15, 0.2) is 5.82 Å². The minimum Gasteiger partial charge on any atom is -0.496 e. The Labute approximate surface area is 115 Å². The van der Waals surface area contributed by atoms with Gasteiger partial charge >= 0.3 is 0 Å². The van der Waals surface area contributed by atoms with Crippen molar-refractivity contribution >= 4 is 11.6 Å². The molecule has 1 saturated carbocycles. The minimum atomic E-state index is -0.556. The normalized spacial score (nSPS) is 16.4. The van der Waals surface area contributed by atoms with Crippen molar-refractivity contribution < 1.29 is 9.26 Å². The van der Waals surface area contributed by atoms with Crippen LogP contribution in [0.4, 0.5) is 0 Å². The van der Waals surface area contributed by atoms with E-state index in [2.05, 4.69) is 10.1 Å². The third kappa shape index (κ3) is 2.31. The Bertz CT molecular complexity index is 595. The lowest BCUT2D eigenvalue weighted by Crippen LogP contribution is -2.15. The van der Waals surface area contributed by atoms with Crippen LogP contribution in [0.1, 0.15) is 42.1 Å². The summed E-state index contributed by atoms with van der Waals surface area (Å²) in [5.41, 5.74) is 6.85. The predicted octanol–water partition coefficient (Wildman–Crippen LogP) is 2.66. The summed E-state index contributed by atoms with van der Waals surface area (Å²) >= 11 is 6.19. The molecule has 100 valence electrons. The van der Waals surface area contributed by atoms with Crippen molar-refractivity contribution in [3.8, 4) is 5.75 Å². The molecule has 1 aromatic carbocycles. The summed E-state index contributed by atoms with van der Waals surface area (Å²) in [6.07, 6.45) is 2.21. The highest BCUT2D eigenvalue weighted by Crippen LogP contribution is 2.40. The summed E-state index contributed by atoms with van der Waals surface area (Å²) in [5, 5.41) is 4.48. The molecular formula is C13H14ClN3O2. The van der Waals surface area contributed by atoms with Gasteiger partial charge in [0.05, 0.1) is 13.2 Å². The van der Waals surface area contributed by atoms with Gasteiger partial charge in [-0.3, -0.25) is 0 Å². The molecule has 1 atom stereocenters. The van der Waals surface area contributed by atoms with Crippen LogP contribution < -0.4 is 10.5 Å². The van der Waals surface area contributed by atoms with Gasteiger partial charge in [0.25, 0.3) is 0 Å². The van der Waals surface area contributed by atoms with Gasteiger partial charge in [0.1, 0.15) is 5.75 Å². The molecule has 0 aliphatic heterocycles. The molecule has 19 heavy (non-hydrogen) atoms. The van der Waals surface area contributed by atoms with Crippen molar-refractivity contribution in [1.29, 1.82) is 0 Å². The molecular weight excluding hydrogens is 266 g/mol. The van der Waals surface area contributed by atoms with Gasteiger partial charge in [-0.25, -0.2) is 0 Å². The molecule has 0 spiro atoms. The maximum Gasteiger partial charge on any atom is 0.229 e. The number of methoxy groups -OCH3 is 1. The summed E-state index contributed by atoms with van der Waals surface area (Å²) in [6.45, 7) is 0. The zero-order valence-corrected chi connectivity index (χ0v) is 11.2. The van der Waals surface area contributed by atoms with Crippen molar-refractivity contribution in [2.75, 3.05) is 7.11 Å². The summed E-state index contributed by atoms with van der Waals surface area (Å²) in [6, 6.07) is 4.83. The van der Waals surface area contributed by atoms with Gasteiger partial charge in [-0.2, -0.15) is 4.98 Å². The number of ether oxygens (including phenoxy) is 1. The van der Waals surface area contributed by atoms with Crippen LogP contribution in [0.3, 0.4) is 0 Å². The largest absolute Gasteiger partial charge is 0.496 e. The Morgan fingerprint density at radius 2 is 2.26 bits per heavy atom. The molecule has 3 rings (SSSR count). The van der Waals surface area contributed by atoms with Crippen LogP contribution in [0.25, 0.3) is 0 Å². The van der Waals surface area contributed by atoms with Crippen LogP contribution in [0.5, 0.6) is 5.75 Å².